The van der Waals surface area contributed by atoms with Crippen molar-refractivity contribution in [3.63, 3.8) is 0 Å². The van der Waals surface area contributed by atoms with Crippen LogP contribution < -0.4 is 4.90 Å². The fourth-order valence-electron chi connectivity index (χ4n) is 5.13. The van der Waals surface area contributed by atoms with Gasteiger partial charge in [-0.1, -0.05) is 18.2 Å². The topological polar surface area (TPSA) is 73.8 Å². The van der Waals surface area contributed by atoms with Gasteiger partial charge < -0.3 is 4.90 Å². The van der Waals surface area contributed by atoms with Crippen LogP contribution in [0.25, 0.3) is 21.6 Å². The van der Waals surface area contributed by atoms with E-state index in [4.69, 9.17) is 4.98 Å². The highest BCUT2D eigenvalue weighted by molar-refractivity contribution is 7.18. The number of H-pyrrole nitrogens is 1. The molecule has 1 N–H and O–H groups in total. The zero-order valence-corrected chi connectivity index (χ0v) is 19.4. The lowest BCUT2D eigenvalue weighted by molar-refractivity contribution is 0.250. The second-order valence-corrected chi connectivity index (χ2v) is 10.7. The molecule has 1 saturated heterocycles. The van der Waals surface area contributed by atoms with E-state index in [1.807, 2.05) is 11.3 Å². The molecule has 33 heavy (non-hydrogen) atoms. The highest BCUT2D eigenvalue weighted by Gasteiger charge is 2.34. The molecule has 3 heterocycles. The summed E-state index contributed by atoms with van der Waals surface area (Å²) < 4.78 is 1.28. The van der Waals surface area contributed by atoms with E-state index in [-0.39, 0.29) is 0 Å². The molecule has 2 aliphatic carbocycles. The van der Waals surface area contributed by atoms with Crippen LogP contribution in [0.3, 0.4) is 0 Å². The van der Waals surface area contributed by atoms with Gasteiger partial charge in [0, 0.05) is 37.4 Å². The minimum atomic E-state index is 0.649. The number of hydrogen-bond acceptors (Lipinski definition) is 7. The van der Waals surface area contributed by atoms with E-state index in [2.05, 4.69) is 66.8 Å². The Balaban J connectivity index is 1.15. The molecule has 3 fully saturated rings. The zero-order chi connectivity index (χ0) is 21.8. The van der Waals surface area contributed by atoms with E-state index >= 15 is 0 Å². The van der Waals surface area contributed by atoms with Crippen LogP contribution in [0.4, 0.5) is 5.69 Å². The molecule has 0 unspecified atom stereocenters. The summed E-state index contributed by atoms with van der Waals surface area (Å²) in [4.78, 5) is 9.93. The summed E-state index contributed by atoms with van der Waals surface area (Å²) in [6, 6.07) is 13.3. The van der Waals surface area contributed by atoms with Crippen molar-refractivity contribution in [2.75, 3.05) is 31.1 Å². The number of benzene rings is 2. The number of nitrogens with zero attached hydrogens (tertiary/aromatic N) is 6. The van der Waals surface area contributed by atoms with Gasteiger partial charge in [-0.25, -0.2) is 4.98 Å². The molecule has 7 rings (SSSR count). The van der Waals surface area contributed by atoms with Gasteiger partial charge in [0.1, 0.15) is 5.01 Å². The largest absolute Gasteiger partial charge is 0.368 e. The maximum atomic E-state index is 4.84. The summed E-state index contributed by atoms with van der Waals surface area (Å²) in [7, 11) is 0. The Bertz CT molecular complexity index is 1250. The molecule has 0 spiro atoms. The van der Waals surface area contributed by atoms with Gasteiger partial charge >= 0.3 is 0 Å². The number of nitrogens with one attached hydrogen (secondary N) is 1. The second-order valence-electron chi connectivity index (χ2n) is 9.63. The third-order valence-corrected chi connectivity index (χ3v) is 8.24. The first kappa shape index (κ1) is 19.6. The van der Waals surface area contributed by atoms with Crippen molar-refractivity contribution in [3.05, 3.63) is 52.5 Å². The highest BCUT2D eigenvalue weighted by Crippen LogP contribution is 2.50. The SMILES string of the molecule is c1ccc2sc(CN3CCN(c4cc(C5CC5)cc(C5CC5)c4-c4nn[nH]n4)CC3)nc2c1. The van der Waals surface area contributed by atoms with Gasteiger partial charge in [-0.2, -0.15) is 5.21 Å². The summed E-state index contributed by atoms with van der Waals surface area (Å²) in [6.45, 7) is 5.02. The third-order valence-electron chi connectivity index (χ3n) is 7.22. The van der Waals surface area contributed by atoms with Gasteiger partial charge in [-0.15, -0.1) is 21.5 Å². The number of thiazole rings is 1. The molecule has 4 aromatic rings. The number of tetrazole rings is 1. The first-order valence-corrected chi connectivity index (χ1v) is 12.9. The second kappa shape index (κ2) is 7.88. The summed E-state index contributed by atoms with van der Waals surface area (Å²) in [6.07, 6.45) is 5.19. The summed E-state index contributed by atoms with van der Waals surface area (Å²) >= 11 is 1.82. The van der Waals surface area contributed by atoms with Gasteiger partial charge in [-0.05, 0) is 72.1 Å². The van der Waals surface area contributed by atoms with Crippen LogP contribution in [0.1, 0.15) is 53.7 Å². The number of anilines is 1. The normalized spacial score (nSPS) is 19.5. The van der Waals surface area contributed by atoms with Crippen molar-refractivity contribution in [3.8, 4) is 11.4 Å². The average Bonchev–Trinajstić information content (AvgIpc) is 3.78. The van der Waals surface area contributed by atoms with Crippen molar-refractivity contribution < 1.29 is 0 Å². The van der Waals surface area contributed by atoms with Crippen molar-refractivity contribution in [1.82, 2.24) is 30.5 Å². The van der Waals surface area contributed by atoms with Crippen molar-refractivity contribution >= 4 is 27.2 Å². The van der Waals surface area contributed by atoms with Gasteiger partial charge in [0.15, 0.2) is 0 Å². The van der Waals surface area contributed by atoms with E-state index in [1.165, 1.54) is 57.8 Å². The lowest BCUT2D eigenvalue weighted by Gasteiger charge is -2.37. The summed E-state index contributed by atoms with van der Waals surface area (Å²) in [5.74, 6) is 2.13. The van der Waals surface area contributed by atoms with E-state index in [9.17, 15) is 0 Å². The number of rotatable bonds is 6. The zero-order valence-electron chi connectivity index (χ0n) is 18.6. The van der Waals surface area contributed by atoms with Crippen LogP contribution in [0.15, 0.2) is 36.4 Å². The highest BCUT2D eigenvalue weighted by atomic mass is 32.1. The molecule has 2 saturated carbocycles. The molecule has 0 amide bonds. The van der Waals surface area contributed by atoms with E-state index in [0.717, 1.165) is 50.0 Å². The fourth-order valence-corrected chi connectivity index (χ4v) is 6.14. The Morgan fingerprint density at radius 3 is 2.52 bits per heavy atom. The summed E-state index contributed by atoms with van der Waals surface area (Å²) in [5.41, 5.74) is 6.58. The maximum absolute atomic E-state index is 4.84. The molecular weight excluding hydrogens is 430 g/mol. The molecule has 168 valence electrons. The molecule has 0 atom stereocenters. The standard InChI is InChI=1S/C25H27N7S/c1-2-4-22-20(3-1)26-23(33-22)15-31-9-11-32(12-10-31)21-14-18(16-5-6-16)13-19(17-7-8-17)24(21)25-27-29-30-28-25/h1-4,13-14,16-17H,5-12,15H2,(H,27,28,29,30). The third kappa shape index (κ3) is 3.81. The predicted molar refractivity (Wildman–Crippen MR) is 131 cm³/mol. The molecule has 8 heteroatoms. The van der Waals surface area contributed by atoms with Gasteiger partial charge in [0.05, 0.1) is 16.8 Å². The van der Waals surface area contributed by atoms with Crippen LogP contribution in [-0.2, 0) is 6.54 Å². The Morgan fingerprint density at radius 1 is 0.970 bits per heavy atom. The molecule has 2 aromatic carbocycles. The average molecular weight is 458 g/mol. The molecule has 0 radical (unpaired) electrons. The molecule has 3 aliphatic rings. The van der Waals surface area contributed by atoms with Crippen molar-refractivity contribution in [2.24, 2.45) is 0 Å². The minimum Gasteiger partial charge on any atom is -0.368 e. The molecule has 1 aliphatic heterocycles. The van der Waals surface area contributed by atoms with Crippen LogP contribution in [-0.4, -0.2) is 56.7 Å². The van der Waals surface area contributed by atoms with Crippen molar-refractivity contribution in [1.29, 1.82) is 0 Å². The first-order chi connectivity index (χ1) is 16.3. The van der Waals surface area contributed by atoms with E-state index in [1.54, 1.807) is 0 Å². The smallest absolute Gasteiger partial charge is 0.207 e. The number of fused-ring (bicyclic) bond motifs is 1. The number of aromatic nitrogens is 5. The van der Waals surface area contributed by atoms with Crippen molar-refractivity contribution in [2.45, 2.75) is 44.1 Å². The quantitative estimate of drug-likeness (QED) is 0.458. The van der Waals surface area contributed by atoms with Crippen LogP contribution in [0, 0.1) is 0 Å². The molecule has 7 nitrogen and oxygen atoms in total. The lowest BCUT2D eigenvalue weighted by Crippen LogP contribution is -2.46. The minimum absolute atomic E-state index is 0.649. The first-order valence-electron chi connectivity index (χ1n) is 12.1. The van der Waals surface area contributed by atoms with E-state index < -0.39 is 0 Å². The van der Waals surface area contributed by atoms with Crippen LogP contribution in [0.2, 0.25) is 0 Å². The van der Waals surface area contributed by atoms with E-state index in [0.29, 0.717) is 5.92 Å². The lowest BCUT2D eigenvalue weighted by atomic mass is 9.94. The molecule has 2 aromatic heterocycles. The fraction of sp³-hybridized carbons (Fsp3) is 0.440. The predicted octanol–water partition coefficient (Wildman–Crippen LogP) is 4.55. The number of hydrogen-bond donors (Lipinski definition) is 1. The number of para-hydroxylation sites is 1. The van der Waals surface area contributed by atoms with Gasteiger partial charge in [0.25, 0.3) is 0 Å². The Kier molecular flexibility index (Phi) is 4.69. The molecule has 0 bridgehead atoms. The Hall–Kier alpha value is -2.84. The molecular formula is C25H27N7S. The summed E-state index contributed by atoms with van der Waals surface area (Å²) in [5, 5.41) is 16.6. The number of aromatic amines is 1. The number of piperazine rings is 1. The van der Waals surface area contributed by atoms with Gasteiger partial charge in [-0.3, -0.25) is 4.90 Å². The Labute approximate surface area is 196 Å². The maximum Gasteiger partial charge on any atom is 0.207 e. The Morgan fingerprint density at radius 2 is 1.79 bits per heavy atom. The monoisotopic (exact) mass is 457 g/mol. The van der Waals surface area contributed by atoms with Gasteiger partial charge in [0.2, 0.25) is 5.82 Å². The van der Waals surface area contributed by atoms with Crippen LogP contribution >= 0.6 is 11.3 Å². The van der Waals surface area contributed by atoms with Crippen LogP contribution in [0.5, 0.6) is 0 Å².